The van der Waals surface area contributed by atoms with E-state index < -0.39 is 0 Å². The first-order valence-electron chi connectivity index (χ1n) is 4.87. The molecule has 2 N–H and O–H groups in total. The summed E-state index contributed by atoms with van der Waals surface area (Å²) in [5.41, 5.74) is 3.51. The molecule has 0 saturated carbocycles. The van der Waals surface area contributed by atoms with E-state index >= 15 is 0 Å². The second-order valence-corrected chi connectivity index (χ2v) is 3.63. The van der Waals surface area contributed by atoms with Crippen molar-refractivity contribution in [1.29, 1.82) is 0 Å². The van der Waals surface area contributed by atoms with Gasteiger partial charge in [-0.2, -0.15) is 5.10 Å². The normalized spacial score (nSPS) is 11.8. The first-order valence-corrected chi connectivity index (χ1v) is 4.87. The van der Waals surface area contributed by atoms with Crippen LogP contribution >= 0.6 is 0 Å². The molecular weight excluding hydrogens is 204 g/mol. The average Bonchev–Trinajstić information content (AvgIpc) is 2.96. The van der Waals surface area contributed by atoms with E-state index in [0.29, 0.717) is 0 Å². The molecule has 0 fully saturated rings. The van der Waals surface area contributed by atoms with Gasteiger partial charge >= 0.3 is 0 Å². The molecule has 6 heteroatoms. The molecule has 16 heavy (non-hydrogen) atoms. The van der Waals surface area contributed by atoms with E-state index in [1.165, 1.54) is 0 Å². The van der Waals surface area contributed by atoms with Crippen molar-refractivity contribution in [2.45, 2.75) is 0 Å². The number of benzene rings is 2. The Morgan fingerprint density at radius 3 is 2.75 bits per heavy atom. The SMILES string of the molecule is c1cc2c(ccc3[nH][nH]nc32)c2nnnc12. The minimum Gasteiger partial charge on any atom is -0.283 e. The van der Waals surface area contributed by atoms with Gasteiger partial charge in [0.15, 0.2) is 0 Å². The van der Waals surface area contributed by atoms with E-state index in [1.807, 2.05) is 24.3 Å². The van der Waals surface area contributed by atoms with Crippen LogP contribution in [-0.4, -0.2) is 30.8 Å². The molecule has 0 aliphatic rings. The average molecular weight is 210 g/mol. The van der Waals surface area contributed by atoms with E-state index in [4.69, 9.17) is 0 Å². The fourth-order valence-corrected chi connectivity index (χ4v) is 2.03. The largest absolute Gasteiger partial charge is 0.283 e. The maximum atomic E-state index is 4.19. The van der Waals surface area contributed by atoms with Crippen LogP contribution in [-0.2, 0) is 0 Å². The van der Waals surface area contributed by atoms with Crippen LogP contribution in [0.5, 0.6) is 0 Å². The van der Waals surface area contributed by atoms with E-state index in [9.17, 15) is 0 Å². The van der Waals surface area contributed by atoms with Crippen LogP contribution < -0.4 is 0 Å². The van der Waals surface area contributed by atoms with Crippen LogP contribution in [0.15, 0.2) is 24.3 Å². The quantitative estimate of drug-likeness (QED) is 0.459. The summed E-state index contributed by atoms with van der Waals surface area (Å²) in [6, 6.07) is 7.87. The highest BCUT2D eigenvalue weighted by atomic mass is 15.3. The van der Waals surface area contributed by atoms with Gasteiger partial charge in [-0.25, -0.2) is 5.21 Å². The summed E-state index contributed by atoms with van der Waals surface area (Å²) in [4.78, 5) is 0. The number of aromatic amines is 2. The van der Waals surface area contributed by atoms with Gasteiger partial charge in [-0.1, -0.05) is 0 Å². The number of rotatable bonds is 0. The maximum Gasteiger partial charge on any atom is 0.123 e. The fraction of sp³-hybridized carbons (Fsp3) is 0. The van der Waals surface area contributed by atoms with Crippen molar-refractivity contribution >= 4 is 32.8 Å². The molecule has 2 heterocycles. The highest BCUT2D eigenvalue weighted by molar-refractivity contribution is 6.13. The Morgan fingerprint density at radius 1 is 0.875 bits per heavy atom. The van der Waals surface area contributed by atoms with Gasteiger partial charge in [0.05, 0.1) is 5.52 Å². The number of hydrogen-bond donors (Lipinski definition) is 2. The monoisotopic (exact) mass is 210 g/mol. The van der Waals surface area contributed by atoms with Crippen molar-refractivity contribution in [2.75, 3.05) is 0 Å². The minimum atomic E-state index is 0.811. The van der Waals surface area contributed by atoms with Crippen molar-refractivity contribution in [3.05, 3.63) is 24.3 Å². The van der Waals surface area contributed by atoms with Gasteiger partial charge in [0.1, 0.15) is 16.6 Å². The Kier molecular flexibility index (Phi) is 1.23. The van der Waals surface area contributed by atoms with Gasteiger partial charge in [-0.05, 0) is 29.5 Å². The van der Waals surface area contributed by atoms with Crippen molar-refractivity contribution in [2.24, 2.45) is 0 Å². The van der Waals surface area contributed by atoms with Gasteiger partial charge in [0.25, 0.3) is 0 Å². The van der Waals surface area contributed by atoms with Gasteiger partial charge in [0.2, 0.25) is 0 Å². The molecule has 0 bridgehead atoms. The zero-order chi connectivity index (χ0) is 10.5. The smallest absolute Gasteiger partial charge is 0.123 e. The van der Waals surface area contributed by atoms with E-state index in [-0.39, 0.29) is 0 Å². The Bertz CT molecular complexity index is 742. The molecule has 0 amide bonds. The zero-order valence-electron chi connectivity index (χ0n) is 8.10. The zero-order valence-corrected chi connectivity index (χ0v) is 8.10. The topological polar surface area (TPSA) is 83.1 Å². The first kappa shape index (κ1) is 7.75. The minimum absolute atomic E-state index is 0.811. The number of hydrogen-bond acceptors (Lipinski definition) is 4. The van der Waals surface area contributed by atoms with Crippen molar-refractivity contribution < 1.29 is 0 Å². The standard InChI is InChI=1S/C10H6N6/c1-3-7-10(14-15-11-7)6-2-4-8-9(5(1)6)13-16-12-8/h1-4,11,15H. The summed E-state index contributed by atoms with van der Waals surface area (Å²) in [5.74, 6) is 0. The maximum absolute atomic E-state index is 4.19. The first-order chi connectivity index (χ1) is 7.93. The third kappa shape index (κ3) is 0.813. The molecule has 0 radical (unpaired) electrons. The van der Waals surface area contributed by atoms with Gasteiger partial charge in [0, 0.05) is 10.8 Å². The third-order valence-electron chi connectivity index (χ3n) is 2.78. The van der Waals surface area contributed by atoms with Crippen LogP contribution in [0.2, 0.25) is 0 Å². The summed E-state index contributed by atoms with van der Waals surface area (Å²) < 4.78 is 0. The van der Waals surface area contributed by atoms with E-state index in [0.717, 1.165) is 32.8 Å². The fourth-order valence-electron chi connectivity index (χ4n) is 2.03. The Labute approximate surface area is 88.6 Å². The molecule has 2 aromatic carbocycles. The molecule has 4 aromatic rings. The van der Waals surface area contributed by atoms with Crippen LogP contribution in [0, 0.1) is 0 Å². The molecule has 0 saturated heterocycles. The lowest BCUT2D eigenvalue weighted by molar-refractivity contribution is 0.960. The third-order valence-corrected chi connectivity index (χ3v) is 2.78. The Morgan fingerprint density at radius 2 is 1.75 bits per heavy atom. The molecule has 6 nitrogen and oxygen atoms in total. The molecule has 0 aliphatic heterocycles. The summed E-state index contributed by atoms with van der Waals surface area (Å²) in [6.45, 7) is 0. The van der Waals surface area contributed by atoms with Crippen molar-refractivity contribution in [3.8, 4) is 0 Å². The van der Waals surface area contributed by atoms with Crippen LogP contribution in [0.4, 0.5) is 0 Å². The summed E-state index contributed by atoms with van der Waals surface area (Å²) >= 11 is 0. The van der Waals surface area contributed by atoms with Gasteiger partial charge < -0.3 is 0 Å². The molecule has 4 rings (SSSR count). The van der Waals surface area contributed by atoms with Gasteiger partial charge in [-0.3, -0.25) is 5.10 Å². The molecule has 0 atom stereocenters. The number of nitrogens with one attached hydrogen (secondary N) is 2. The predicted molar refractivity (Wildman–Crippen MR) is 58.8 cm³/mol. The Hall–Kier alpha value is -2.50. The molecule has 76 valence electrons. The molecule has 0 aliphatic carbocycles. The second kappa shape index (κ2) is 2.54. The lowest BCUT2D eigenvalue weighted by Crippen LogP contribution is -1.78. The summed E-state index contributed by atoms with van der Waals surface area (Å²) in [6.07, 6.45) is 0. The molecular formula is C10H6N6. The summed E-state index contributed by atoms with van der Waals surface area (Å²) in [7, 11) is 0. The van der Waals surface area contributed by atoms with Crippen molar-refractivity contribution in [3.63, 3.8) is 0 Å². The second-order valence-electron chi connectivity index (χ2n) is 3.63. The van der Waals surface area contributed by atoms with Crippen LogP contribution in [0.25, 0.3) is 32.8 Å². The van der Waals surface area contributed by atoms with Crippen LogP contribution in [0.3, 0.4) is 0 Å². The number of aromatic nitrogens is 6. The summed E-state index contributed by atoms with van der Waals surface area (Å²) in [5, 5.41) is 23.6. The number of nitrogens with zero attached hydrogens (tertiary/aromatic N) is 4. The van der Waals surface area contributed by atoms with Crippen LogP contribution in [0.1, 0.15) is 0 Å². The predicted octanol–water partition coefficient (Wildman–Crippen LogP) is 1.38. The lowest BCUT2D eigenvalue weighted by atomic mass is 10.1. The highest BCUT2D eigenvalue weighted by Crippen LogP contribution is 2.26. The molecule has 2 aromatic heterocycles. The van der Waals surface area contributed by atoms with E-state index in [1.54, 1.807) is 0 Å². The van der Waals surface area contributed by atoms with Gasteiger partial charge in [-0.15, -0.1) is 10.2 Å². The van der Waals surface area contributed by atoms with Crippen molar-refractivity contribution in [1.82, 2.24) is 30.8 Å². The number of H-pyrrole nitrogens is 2. The number of fused-ring (bicyclic) bond motifs is 5. The molecule has 0 unspecified atom stereocenters. The highest BCUT2D eigenvalue weighted by Gasteiger charge is 2.08. The van der Waals surface area contributed by atoms with E-state index in [2.05, 4.69) is 30.8 Å². The lowest BCUT2D eigenvalue weighted by Gasteiger charge is -1.97. The molecule has 0 spiro atoms. The Balaban J connectivity index is 2.38.